The quantitative estimate of drug-likeness (QED) is 0.838. The lowest BCUT2D eigenvalue weighted by Gasteiger charge is -2.27. The van der Waals surface area contributed by atoms with Gasteiger partial charge in [-0.1, -0.05) is 0 Å². The molecule has 0 unspecified atom stereocenters. The van der Waals surface area contributed by atoms with Crippen LogP contribution in [0.4, 0.5) is 11.4 Å². The Labute approximate surface area is 152 Å². The molecule has 140 valence electrons. The van der Waals surface area contributed by atoms with Gasteiger partial charge in [-0.3, -0.25) is 9.59 Å². The molecule has 1 fully saturated rings. The Morgan fingerprint density at radius 2 is 1.92 bits per heavy atom. The van der Waals surface area contributed by atoms with E-state index in [9.17, 15) is 18.0 Å². The second-order valence-corrected chi connectivity index (χ2v) is 8.97. The molecule has 0 aromatic heterocycles. The Hall–Kier alpha value is -2.42. The van der Waals surface area contributed by atoms with Gasteiger partial charge < -0.3 is 10.2 Å². The molecule has 0 aliphatic carbocycles. The fourth-order valence-electron chi connectivity index (χ4n) is 3.03. The van der Waals surface area contributed by atoms with Crippen molar-refractivity contribution in [1.82, 2.24) is 5.01 Å². The summed E-state index contributed by atoms with van der Waals surface area (Å²) in [5.41, 5.74) is 1.89. The molecule has 2 aliphatic heterocycles. The molecular weight excluding hydrogens is 356 g/mol. The zero-order valence-electron chi connectivity index (χ0n) is 14.8. The minimum atomic E-state index is -3.13. The van der Waals surface area contributed by atoms with Crippen molar-refractivity contribution in [2.45, 2.75) is 25.3 Å². The molecule has 0 radical (unpaired) electrons. The number of nitrogens with zero attached hydrogens (tertiary/aromatic N) is 3. The summed E-state index contributed by atoms with van der Waals surface area (Å²) in [6, 6.07) is 6.89. The third-order valence-electron chi connectivity index (χ3n) is 4.52. The topological polar surface area (TPSA) is 99.2 Å². The molecule has 1 atom stereocenters. The minimum Gasteiger partial charge on any atom is -0.378 e. The minimum absolute atomic E-state index is 0.0523. The van der Waals surface area contributed by atoms with Gasteiger partial charge in [-0.2, -0.15) is 5.10 Å². The highest BCUT2D eigenvalue weighted by atomic mass is 32.2. The molecule has 26 heavy (non-hydrogen) atoms. The Kier molecular flexibility index (Phi) is 4.99. The number of carbonyl (C=O) groups is 2. The van der Waals surface area contributed by atoms with Gasteiger partial charge in [0.15, 0.2) is 9.84 Å². The number of rotatable bonds is 4. The molecule has 2 aliphatic rings. The first kappa shape index (κ1) is 18.4. The third-order valence-corrected chi connectivity index (χ3v) is 6.27. The van der Waals surface area contributed by atoms with Crippen molar-refractivity contribution in [2.75, 3.05) is 35.8 Å². The molecular formula is C17H22N4O4S. The lowest BCUT2D eigenvalue weighted by molar-refractivity contribution is -0.133. The maximum absolute atomic E-state index is 12.5. The maximum atomic E-state index is 12.5. The molecule has 8 nitrogen and oxygen atoms in total. The van der Waals surface area contributed by atoms with E-state index in [0.29, 0.717) is 12.1 Å². The summed E-state index contributed by atoms with van der Waals surface area (Å²) >= 11 is 0. The predicted octanol–water partition coefficient (Wildman–Crippen LogP) is 0.857. The normalized spacial score (nSPS) is 22.1. The van der Waals surface area contributed by atoms with Crippen LogP contribution in [-0.4, -0.2) is 62.6 Å². The van der Waals surface area contributed by atoms with Crippen molar-refractivity contribution in [3.05, 3.63) is 24.3 Å². The van der Waals surface area contributed by atoms with E-state index in [-0.39, 0.29) is 41.9 Å². The lowest BCUT2D eigenvalue weighted by Crippen LogP contribution is -2.42. The van der Waals surface area contributed by atoms with E-state index in [2.05, 4.69) is 10.4 Å². The van der Waals surface area contributed by atoms with Crippen LogP contribution >= 0.6 is 0 Å². The van der Waals surface area contributed by atoms with E-state index >= 15 is 0 Å². The third kappa shape index (κ3) is 4.04. The molecule has 1 aromatic rings. The van der Waals surface area contributed by atoms with E-state index in [1.165, 1.54) is 5.01 Å². The van der Waals surface area contributed by atoms with Crippen molar-refractivity contribution in [3.8, 4) is 0 Å². The van der Waals surface area contributed by atoms with E-state index in [1.54, 1.807) is 12.1 Å². The van der Waals surface area contributed by atoms with Crippen LogP contribution in [0.2, 0.25) is 0 Å². The number of anilines is 2. The molecule has 3 rings (SSSR count). The summed E-state index contributed by atoms with van der Waals surface area (Å²) in [6.45, 7) is 0. The average Bonchev–Trinajstić information content (AvgIpc) is 2.95. The van der Waals surface area contributed by atoms with Crippen molar-refractivity contribution >= 4 is 38.7 Å². The van der Waals surface area contributed by atoms with Gasteiger partial charge in [0.25, 0.3) is 5.91 Å². The Bertz CT molecular complexity index is 846. The SMILES string of the molecule is CN(C)c1ccc(NC(=O)C2=NN([C@@H]3CCS(=O)(=O)C3)C(=O)CC2)cc1. The van der Waals surface area contributed by atoms with Crippen LogP contribution in [0.3, 0.4) is 0 Å². The Morgan fingerprint density at radius 3 is 2.50 bits per heavy atom. The highest BCUT2D eigenvalue weighted by molar-refractivity contribution is 7.91. The second kappa shape index (κ2) is 7.06. The maximum Gasteiger partial charge on any atom is 0.271 e. The molecule has 0 saturated carbocycles. The summed E-state index contributed by atoms with van der Waals surface area (Å²) in [6.07, 6.45) is 0.761. The largest absolute Gasteiger partial charge is 0.378 e. The van der Waals surface area contributed by atoms with Gasteiger partial charge in [-0.15, -0.1) is 0 Å². The van der Waals surface area contributed by atoms with Crippen molar-refractivity contribution < 1.29 is 18.0 Å². The van der Waals surface area contributed by atoms with Gasteiger partial charge in [-0.05, 0) is 30.7 Å². The van der Waals surface area contributed by atoms with Crippen LogP contribution in [-0.2, 0) is 19.4 Å². The van der Waals surface area contributed by atoms with Crippen LogP contribution in [0.1, 0.15) is 19.3 Å². The number of carbonyl (C=O) groups excluding carboxylic acids is 2. The zero-order valence-corrected chi connectivity index (χ0v) is 15.6. The molecule has 2 heterocycles. The lowest BCUT2D eigenvalue weighted by atomic mass is 10.1. The smallest absolute Gasteiger partial charge is 0.271 e. The van der Waals surface area contributed by atoms with E-state index in [4.69, 9.17) is 0 Å². The van der Waals surface area contributed by atoms with Crippen LogP contribution in [0.15, 0.2) is 29.4 Å². The fourth-order valence-corrected chi connectivity index (χ4v) is 4.73. The zero-order chi connectivity index (χ0) is 18.9. The summed E-state index contributed by atoms with van der Waals surface area (Å²) in [7, 11) is 0.726. The van der Waals surface area contributed by atoms with Gasteiger partial charge in [-0.25, -0.2) is 13.4 Å². The summed E-state index contributed by atoms with van der Waals surface area (Å²) in [5, 5.41) is 8.14. The highest BCUT2D eigenvalue weighted by Gasteiger charge is 2.37. The van der Waals surface area contributed by atoms with E-state index in [0.717, 1.165) is 5.69 Å². The van der Waals surface area contributed by atoms with Gasteiger partial charge >= 0.3 is 0 Å². The number of hydrogen-bond donors (Lipinski definition) is 1. The van der Waals surface area contributed by atoms with E-state index in [1.807, 2.05) is 31.1 Å². The van der Waals surface area contributed by atoms with Gasteiger partial charge in [0.1, 0.15) is 5.71 Å². The number of benzene rings is 1. The van der Waals surface area contributed by atoms with Gasteiger partial charge in [0.2, 0.25) is 5.91 Å². The van der Waals surface area contributed by atoms with Crippen LogP contribution in [0.25, 0.3) is 0 Å². The summed E-state index contributed by atoms with van der Waals surface area (Å²) in [4.78, 5) is 26.5. The first-order chi connectivity index (χ1) is 12.2. The molecule has 9 heteroatoms. The number of hydrazone groups is 1. The first-order valence-corrected chi connectivity index (χ1v) is 10.3. The number of sulfone groups is 1. The molecule has 1 N–H and O–H groups in total. The summed E-state index contributed by atoms with van der Waals surface area (Å²) in [5.74, 6) is -0.653. The molecule has 1 aromatic carbocycles. The highest BCUT2D eigenvalue weighted by Crippen LogP contribution is 2.23. The number of amides is 2. The standard InChI is InChI=1S/C17H22N4O4S/c1-20(2)13-5-3-12(4-6-13)18-17(23)15-7-8-16(22)21(19-15)14-9-10-26(24,25)11-14/h3-6,14H,7-11H2,1-2H3,(H,18,23)/t14-/m1/s1. The van der Waals surface area contributed by atoms with Gasteiger partial charge in [0.05, 0.1) is 17.5 Å². The first-order valence-electron chi connectivity index (χ1n) is 8.44. The number of hydrogen-bond acceptors (Lipinski definition) is 6. The predicted molar refractivity (Wildman–Crippen MR) is 100.0 cm³/mol. The second-order valence-electron chi connectivity index (χ2n) is 6.74. The van der Waals surface area contributed by atoms with Crippen LogP contribution in [0.5, 0.6) is 0 Å². The molecule has 0 bridgehead atoms. The van der Waals surface area contributed by atoms with Gasteiger partial charge in [0, 0.05) is 38.3 Å². The Morgan fingerprint density at radius 1 is 1.23 bits per heavy atom. The van der Waals surface area contributed by atoms with Crippen molar-refractivity contribution in [1.29, 1.82) is 0 Å². The monoisotopic (exact) mass is 378 g/mol. The van der Waals surface area contributed by atoms with E-state index < -0.39 is 15.9 Å². The average molecular weight is 378 g/mol. The molecule has 0 spiro atoms. The fraction of sp³-hybridized carbons (Fsp3) is 0.471. The van der Waals surface area contributed by atoms with Crippen molar-refractivity contribution in [2.24, 2.45) is 5.10 Å². The van der Waals surface area contributed by atoms with Crippen LogP contribution < -0.4 is 10.2 Å². The molecule has 2 amide bonds. The van der Waals surface area contributed by atoms with Crippen molar-refractivity contribution in [3.63, 3.8) is 0 Å². The van der Waals surface area contributed by atoms with Crippen LogP contribution in [0, 0.1) is 0 Å². The summed E-state index contributed by atoms with van der Waals surface area (Å²) < 4.78 is 23.3. The molecule has 1 saturated heterocycles. The Balaban J connectivity index is 1.72. The number of nitrogens with one attached hydrogen (secondary N) is 1.